The fraction of sp³-hybridized carbons (Fsp3) is 0. The fourth-order valence-electron chi connectivity index (χ4n) is 2.79. The highest BCUT2D eigenvalue weighted by molar-refractivity contribution is 6.05. The number of rotatable bonds is 6. The summed E-state index contributed by atoms with van der Waals surface area (Å²) in [6.07, 6.45) is 2.43. The minimum atomic E-state index is -1.46. The quantitative estimate of drug-likeness (QED) is 0.474. The summed E-state index contributed by atoms with van der Waals surface area (Å²) in [7, 11) is 0. The van der Waals surface area contributed by atoms with E-state index in [0.717, 1.165) is 12.1 Å². The molecule has 150 valence electrons. The molecule has 0 aliphatic rings. The van der Waals surface area contributed by atoms with E-state index in [0.29, 0.717) is 11.1 Å². The standard InChI is InChI=1S/C20H12N2O8/c23-17(24)13-5-11(9-1-3-15(19(27)28)21-7-9)12(6-14(13)18(25)26)10-2-4-16(20(29)30)22-8-10/h1-8H,(H,23,24)(H,25,26)(H,27,28)(H,29,30). The van der Waals surface area contributed by atoms with E-state index in [9.17, 15) is 29.4 Å². The van der Waals surface area contributed by atoms with Gasteiger partial charge in [-0.05, 0) is 35.4 Å². The zero-order valence-corrected chi connectivity index (χ0v) is 14.9. The highest BCUT2D eigenvalue weighted by Gasteiger charge is 2.22. The van der Waals surface area contributed by atoms with Crippen LogP contribution in [0.5, 0.6) is 0 Å². The topological polar surface area (TPSA) is 175 Å². The molecule has 0 radical (unpaired) electrons. The van der Waals surface area contributed by atoms with Gasteiger partial charge in [-0.2, -0.15) is 0 Å². The van der Waals surface area contributed by atoms with Gasteiger partial charge in [-0.3, -0.25) is 0 Å². The van der Waals surface area contributed by atoms with Crippen molar-refractivity contribution in [2.45, 2.75) is 0 Å². The maximum Gasteiger partial charge on any atom is 0.354 e. The first-order chi connectivity index (χ1) is 14.2. The van der Waals surface area contributed by atoms with Crippen molar-refractivity contribution in [2.75, 3.05) is 0 Å². The summed E-state index contributed by atoms with van der Waals surface area (Å²) in [6.45, 7) is 0. The fourth-order valence-corrected chi connectivity index (χ4v) is 2.79. The number of nitrogens with zero attached hydrogens (tertiary/aromatic N) is 2. The molecule has 10 nitrogen and oxygen atoms in total. The third kappa shape index (κ3) is 3.83. The smallest absolute Gasteiger partial charge is 0.354 e. The van der Waals surface area contributed by atoms with Crippen LogP contribution in [0.2, 0.25) is 0 Å². The summed E-state index contributed by atoms with van der Waals surface area (Å²) in [5, 5.41) is 36.9. The first-order valence-corrected chi connectivity index (χ1v) is 8.23. The van der Waals surface area contributed by atoms with Gasteiger partial charge in [-0.1, -0.05) is 12.1 Å². The Hall–Kier alpha value is -4.60. The Morgan fingerprint density at radius 2 is 0.933 bits per heavy atom. The van der Waals surface area contributed by atoms with Crippen molar-refractivity contribution < 1.29 is 39.6 Å². The van der Waals surface area contributed by atoms with Crippen LogP contribution < -0.4 is 0 Å². The lowest BCUT2D eigenvalue weighted by Gasteiger charge is -2.14. The summed E-state index contributed by atoms with van der Waals surface area (Å²) in [5.74, 6) is -5.42. The largest absolute Gasteiger partial charge is 0.478 e. The lowest BCUT2D eigenvalue weighted by atomic mass is 9.91. The lowest BCUT2D eigenvalue weighted by Crippen LogP contribution is -2.09. The lowest BCUT2D eigenvalue weighted by molar-refractivity contribution is 0.0651. The molecule has 30 heavy (non-hydrogen) atoms. The second kappa shape index (κ2) is 7.80. The molecule has 0 unspecified atom stereocenters. The van der Waals surface area contributed by atoms with Gasteiger partial charge in [0, 0.05) is 23.5 Å². The second-order valence-corrected chi connectivity index (χ2v) is 6.03. The molecule has 0 saturated carbocycles. The summed E-state index contributed by atoms with van der Waals surface area (Å²) in [5.41, 5.74) is -0.230. The average molecular weight is 408 g/mol. The third-order valence-corrected chi connectivity index (χ3v) is 4.21. The number of aromatic carboxylic acids is 4. The van der Waals surface area contributed by atoms with Crippen molar-refractivity contribution in [2.24, 2.45) is 0 Å². The van der Waals surface area contributed by atoms with Gasteiger partial charge in [0.15, 0.2) is 0 Å². The molecule has 2 heterocycles. The summed E-state index contributed by atoms with van der Waals surface area (Å²) in [6, 6.07) is 7.53. The predicted molar refractivity (Wildman–Crippen MR) is 101 cm³/mol. The predicted octanol–water partition coefficient (Wildman–Crippen LogP) is 2.60. The van der Waals surface area contributed by atoms with E-state index in [1.54, 1.807) is 0 Å². The van der Waals surface area contributed by atoms with Crippen molar-refractivity contribution in [1.29, 1.82) is 0 Å². The van der Waals surface area contributed by atoms with E-state index >= 15 is 0 Å². The van der Waals surface area contributed by atoms with Gasteiger partial charge in [0.2, 0.25) is 0 Å². The van der Waals surface area contributed by atoms with Crippen LogP contribution in [0.3, 0.4) is 0 Å². The molecule has 1 aromatic carbocycles. The van der Waals surface area contributed by atoms with E-state index in [-0.39, 0.29) is 22.5 Å². The van der Waals surface area contributed by atoms with Gasteiger partial charge in [0.05, 0.1) is 11.1 Å². The average Bonchev–Trinajstić information content (AvgIpc) is 2.72. The van der Waals surface area contributed by atoms with Crippen LogP contribution in [0.4, 0.5) is 0 Å². The molecule has 0 aliphatic carbocycles. The first kappa shape index (κ1) is 20.1. The number of pyridine rings is 2. The van der Waals surface area contributed by atoms with Gasteiger partial charge in [0.1, 0.15) is 11.4 Å². The zero-order valence-electron chi connectivity index (χ0n) is 14.9. The Kier molecular flexibility index (Phi) is 5.23. The molecular formula is C20H12N2O8. The van der Waals surface area contributed by atoms with Crippen molar-refractivity contribution >= 4 is 23.9 Å². The Labute approximate surface area is 167 Å². The Morgan fingerprint density at radius 3 is 1.17 bits per heavy atom. The van der Waals surface area contributed by atoms with E-state index in [4.69, 9.17) is 10.2 Å². The van der Waals surface area contributed by atoms with E-state index in [2.05, 4.69) is 9.97 Å². The van der Waals surface area contributed by atoms with Gasteiger partial charge in [-0.15, -0.1) is 0 Å². The Balaban J connectivity index is 2.28. The van der Waals surface area contributed by atoms with Crippen molar-refractivity contribution in [3.8, 4) is 22.3 Å². The summed E-state index contributed by atoms with van der Waals surface area (Å²) < 4.78 is 0. The number of carbonyl (C=O) groups is 4. The molecule has 0 saturated heterocycles. The number of hydrogen-bond acceptors (Lipinski definition) is 6. The normalized spacial score (nSPS) is 10.4. The summed E-state index contributed by atoms with van der Waals surface area (Å²) in [4.78, 5) is 52.8. The minimum Gasteiger partial charge on any atom is -0.478 e. The Bertz CT molecular complexity index is 1090. The summed E-state index contributed by atoms with van der Waals surface area (Å²) >= 11 is 0. The molecule has 10 heteroatoms. The molecule has 3 aromatic rings. The Morgan fingerprint density at radius 1 is 0.567 bits per heavy atom. The molecule has 0 spiro atoms. The number of carboxylic acids is 4. The van der Waals surface area contributed by atoms with E-state index in [1.165, 1.54) is 36.7 Å². The zero-order chi connectivity index (χ0) is 22.0. The monoisotopic (exact) mass is 408 g/mol. The van der Waals surface area contributed by atoms with Crippen LogP contribution in [0.1, 0.15) is 41.7 Å². The molecule has 0 bridgehead atoms. The van der Waals surface area contributed by atoms with Crippen LogP contribution in [0.15, 0.2) is 48.8 Å². The van der Waals surface area contributed by atoms with E-state index in [1.807, 2.05) is 0 Å². The minimum absolute atomic E-state index is 0.228. The number of aromatic nitrogens is 2. The van der Waals surface area contributed by atoms with Crippen LogP contribution in [-0.4, -0.2) is 54.3 Å². The van der Waals surface area contributed by atoms with Crippen LogP contribution in [0.25, 0.3) is 22.3 Å². The van der Waals surface area contributed by atoms with Gasteiger partial charge in [-0.25, -0.2) is 29.1 Å². The van der Waals surface area contributed by atoms with Crippen molar-refractivity contribution in [3.05, 3.63) is 71.3 Å². The van der Waals surface area contributed by atoms with Gasteiger partial charge >= 0.3 is 23.9 Å². The maximum atomic E-state index is 11.6. The third-order valence-electron chi connectivity index (χ3n) is 4.21. The number of benzene rings is 1. The molecule has 0 amide bonds. The SMILES string of the molecule is O=C(O)c1ccc(-c2cc(C(=O)O)c(C(=O)O)cc2-c2ccc(C(=O)O)nc2)cn1. The van der Waals surface area contributed by atoms with Crippen LogP contribution >= 0.6 is 0 Å². The molecular weight excluding hydrogens is 396 g/mol. The van der Waals surface area contributed by atoms with Crippen LogP contribution in [-0.2, 0) is 0 Å². The van der Waals surface area contributed by atoms with Crippen molar-refractivity contribution in [1.82, 2.24) is 9.97 Å². The van der Waals surface area contributed by atoms with Crippen LogP contribution in [0, 0.1) is 0 Å². The molecule has 3 rings (SSSR count). The highest BCUT2D eigenvalue weighted by Crippen LogP contribution is 2.34. The number of hydrogen-bond donors (Lipinski definition) is 4. The molecule has 4 N–H and O–H groups in total. The highest BCUT2D eigenvalue weighted by atomic mass is 16.4. The van der Waals surface area contributed by atoms with Gasteiger partial charge in [0.25, 0.3) is 0 Å². The number of carboxylic acid groups (broad SMARTS) is 4. The molecule has 2 aromatic heterocycles. The molecule has 0 aliphatic heterocycles. The van der Waals surface area contributed by atoms with Gasteiger partial charge < -0.3 is 20.4 Å². The van der Waals surface area contributed by atoms with Crippen molar-refractivity contribution in [3.63, 3.8) is 0 Å². The van der Waals surface area contributed by atoms with E-state index < -0.39 is 35.0 Å². The molecule has 0 fully saturated rings. The first-order valence-electron chi connectivity index (χ1n) is 8.23. The second-order valence-electron chi connectivity index (χ2n) is 6.03. The maximum absolute atomic E-state index is 11.6. The molecule has 0 atom stereocenters.